The van der Waals surface area contributed by atoms with Gasteiger partial charge in [-0.25, -0.2) is 9.97 Å². The molecular formula is C20H23N5O. The lowest BCUT2D eigenvalue weighted by Gasteiger charge is -2.17. The lowest BCUT2D eigenvalue weighted by molar-refractivity contribution is 0.0943. The molecule has 1 fully saturated rings. The van der Waals surface area contributed by atoms with Crippen LogP contribution in [0.3, 0.4) is 0 Å². The van der Waals surface area contributed by atoms with Crippen molar-refractivity contribution in [3.63, 3.8) is 0 Å². The molecule has 3 heterocycles. The molecule has 1 saturated heterocycles. The fourth-order valence-electron chi connectivity index (χ4n) is 3.52. The van der Waals surface area contributed by atoms with Crippen LogP contribution in [-0.4, -0.2) is 44.8 Å². The molecule has 1 aliphatic rings. The molecular weight excluding hydrogens is 326 g/mol. The molecule has 134 valence electrons. The summed E-state index contributed by atoms with van der Waals surface area (Å²) < 4.78 is 1.76. The predicted molar refractivity (Wildman–Crippen MR) is 99.9 cm³/mol. The number of nitrogens with one attached hydrogen (secondary N) is 1. The van der Waals surface area contributed by atoms with Crippen LogP contribution in [0.1, 0.15) is 28.0 Å². The minimum Gasteiger partial charge on any atom is -0.350 e. The highest BCUT2D eigenvalue weighted by Gasteiger charge is 2.23. The van der Waals surface area contributed by atoms with E-state index in [9.17, 15) is 4.79 Å². The fraction of sp³-hybridized carbons (Fsp3) is 0.350. The number of aromatic nitrogens is 3. The maximum Gasteiger partial charge on any atom is 0.271 e. The number of rotatable bonds is 5. The summed E-state index contributed by atoms with van der Waals surface area (Å²) in [5.74, 6) is 0.897. The number of nitrogens with zero attached hydrogens (tertiary/aromatic N) is 4. The van der Waals surface area contributed by atoms with Gasteiger partial charge >= 0.3 is 0 Å². The Bertz CT molecular complexity index is 886. The van der Waals surface area contributed by atoms with Gasteiger partial charge in [0.2, 0.25) is 5.78 Å². The highest BCUT2D eigenvalue weighted by atomic mass is 16.1. The van der Waals surface area contributed by atoms with Gasteiger partial charge < -0.3 is 5.32 Å². The van der Waals surface area contributed by atoms with E-state index >= 15 is 0 Å². The number of likely N-dealkylation sites (tertiary alicyclic amines) is 1. The summed E-state index contributed by atoms with van der Waals surface area (Å²) in [4.78, 5) is 23.2. The van der Waals surface area contributed by atoms with Crippen LogP contribution in [0.4, 0.5) is 0 Å². The Balaban J connectivity index is 1.30. The molecule has 26 heavy (non-hydrogen) atoms. The molecule has 6 nitrogen and oxygen atoms in total. The highest BCUT2D eigenvalue weighted by molar-refractivity contribution is 5.92. The van der Waals surface area contributed by atoms with Gasteiger partial charge in [0.1, 0.15) is 5.69 Å². The van der Waals surface area contributed by atoms with Crippen LogP contribution in [0.25, 0.3) is 5.78 Å². The van der Waals surface area contributed by atoms with Crippen LogP contribution >= 0.6 is 0 Å². The lowest BCUT2D eigenvalue weighted by atomic mass is 10.1. The van der Waals surface area contributed by atoms with Gasteiger partial charge in [0, 0.05) is 38.2 Å². The highest BCUT2D eigenvalue weighted by Crippen LogP contribution is 2.19. The third kappa shape index (κ3) is 3.60. The molecule has 6 heteroatoms. The topological polar surface area (TPSA) is 62.5 Å². The van der Waals surface area contributed by atoms with E-state index in [-0.39, 0.29) is 5.91 Å². The van der Waals surface area contributed by atoms with E-state index in [4.69, 9.17) is 0 Å². The van der Waals surface area contributed by atoms with Crippen molar-refractivity contribution < 1.29 is 4.79 Å². The Morgan fingerprint density at radius 2 is 2.19 bits per heavy atom. The van der Waals surface area contributed by atoms with Crippen LogP contribution in [0, 0.1) is 12.8 Å². The number of carbonyl (C=O) groups excluding carboxylic acids is 1. The third-order valence-corrected chi connectivity index (χ3v) is 5.04. The van der Waals surface area contributed by atoms with Gasteiger partial charge in [-0.2, -0.15) is 0 Å². The van der Waals surface area contributed by atoms with E-state index in [1.165, 1.54) is 11.1 Å². The number of fused-ring (bicyclic) bond motifs is 1. The summed E-state index contributed by atoms with van der Waals surface area (Å²) in [6.45, 7) is 5.92. The molecule has 1 atom stereocenters. The second-order valence-corrected chi connectivity index (χ2v) is 6.98. The van der Waals surface area contributed by atoms with Crippen molar-refractivity contribution in [3.8, 4) is 0 Å². The minimum atomic E-state index is -0.132. The summed E-state index contributed by atoms with van der Waals surface area (Å²) in [7, 11) is 0. The molecule has 1 unspecified atom stereocenters. The number of aryl methyl sites for hydroxylation is 1. The second kappa shape index (κ2) is 7.25. The molecule has 0 saturated carbocycles. The molecule has 0 spiro atoms. The third-order valence-electron chi connectivity index (χ3n) is 5.04. The first-order valence-electron chi connectivity index (χ1n) is 9.04. The average Bonchev–Trinajstić information content (AvgIpc) is 3.28. The maximum absolute atomic E-state index is 12.4. The Kier molecular flexibility index (Phi) is 4.67. The van der Waals surface area contributed by atoms with Crippen molar-refractivity contribution >= 4 is 11.7 Å². The Morgan fingerprint density at radius 1 is 1.31 bits per heavy atom. The van der Waals surface area contributed by atoms with E-state index in [2.05, 4.69) is 51.4 Å². The van der Waals surface area contributed by atoms with Gasteiger partial charge in [0.05, 0.1) is 0 Å². The first-order valence-corrected chi connectivity index (χ1v) is 9.04. The molecule has 0 radical (unpaired) electrons. The standard InChI is InChI=1S/C20H23N5O/c1-15-5-2-3-6-17(15)13-24-10-7-16(12-24)11-22-19(26)18-14-25-9-4-8-21-20(25)23-18/h2-6,8-9,14,16H,7,10-13H2,1H3,(H,22,26). The predicted octanol–water partition coefficient (Wildman–Crippen LogP) is 2.29. The zero-order valence-corrected chi connectivity index (χ0v) is 14.9. The molecule has 4 rings (SSSR count). The average molecular weight is 349 g/mol. The molecule has 1 N–H and O–H groups in total. The van der Waals surface area contributed by atoms with E-state index < -0.39 is 0 Å². The number of amides is 1. The quantitative estimate of drug-likeness (QED) is 0.768. The van der Waals surface area contributed by atoms with Crippen molar-refractivity contribution in [1.82, 2.24) is 24.6 Å². The van der Waals surface area contributed by atoms with Gasteiger partial charge in [-0.1, -0.05) is 24.3 Å². The van der Waals surface area contributed by atoms with Gasteiger partial charge in [0.15, 0.2) is 0 Å². The largest absolute Gasteiger partial charge is 0.350 e. The van der Waals surface area contributed by atoms with Crippen molar-refractivity contribution in [2.24, 2.45) is 5.92 Å². The Hall–Kier alpha value is -2.73. The molecule has 2 aromatic heterocycles. The molecule has 1 aliphatic heterocycles. The first kappa shape index (κ1) is 16.7. The monoisotopic (exact) mass is 349 g/mol. The number of imidazole rings is 1. The van der Waals surface area contributed by atoms with Crippen LogP contribution in [-0.2, 0) is 6.54 Å². The summed E-state index contributed by atoms with van der Waals surface area (Å²) >= 11 is 0. The van der Waals surface area contributed by atoms with Crippen LogP contribution in [0.15, 0.2) is 48.9 Å². The summed E-state index contributed by atoms with van der Waals surface area (Å²) in [5.41, 5.74) is 3.14. The number of benzene rings is 1. The van der Waals surface area contributed by atoms with E-state index in [1.54, 1.807) is 16.8 Å². The maximum atomic E-state index is 12.4. The fourth-order valence-corrected chi connectivity index (χ4v) is 3.52. The van der Waals surface area contributed by atoms with Gasteiger partial charge in [-0.15, -0.1) is 0 Å². The minimum absolute atomic E-state index is 0.132. The normalized spacial score (nSPS) is 17.7. The van der Waals surface area contributed by atoms with E-state index in [0.717, 1.165) is 26.1 Å². The van der Waals surface area contributed by atoms with E-state index in [0.29, 0.717) is 23.9 Å². The van der Waals surface area contributed by atoms with Gasteiger partial charge in [-0.05, 0) is 43.0 Å². The Labute approximate surface area is 152 Å². The van der Waals surface area contributed by atoms with E-state index in [1.807, 2.05) is 12.3 Å². The first-order chi connectivity index (χ1) is 12.7. The number of carbonyl (C=O) groups is 1. The second-order valence-electron chi connectivity index (χ2n) is 6.98. The molecule has 0 aliphatic carbocycles. The summed E-state index contributed by atoms with van der Waals surface area (Å²) in [5, 5.41) is 3.03. The SMILES string of the molecule is Cc1ccccc1CN1CCC(CNC(=O)c2cn3cccnc3n2)C1. The molecule has 0 bridgehead atoms. The van der Waals surface area contributed by atoms with Crippen LogP contribution < -0.4 is 5.32 Å². The van der Waals surface area contributed by atoms with Crippen molar-refractivity contribution in [1.29, 1.82) is 0 Å². The van der Waals surface area contributed by atoms with Crippen molar-refractivity contribution in [3.05, 3.63) is 65.7 Å². The Morgan fingerprint density at radius 3 is 3.04 bits per heavy atom. The van der Waals surface area contributed by atoms with Gasteiger partial charge in [-0.3, -0.25) is 14.1 Å². The summed E-state index contributed by atoms with van der Waals surface area (Å²) in [6.07, 6.45) is 6.34. The van der Waals surface area contributed by atoms with Gasteiger partial charge in [0.25, 0.3) is 5.91 Å². The number of hydrogen-bond acceptors (Lipinski definition) is 4. The van der Waals surface area contributed by atoms with Crippen molar-refractivity contribution in [2.75, 3.05) is 19.6 Å². The smallest absolute Gasteiger partial charge is 0.271 e. The van der Waals surface area contributed by atoms with Crippen LogP contribution in [0.5, 0.6) is 0 Å². The molecule has 1 amide bonds. The van der Waals surface area contributed by atoms with Crippen molar-refractivity contribution in [2.45, 2.75) is 19.9 Å². The number of hydrogen-bond donors (Lipinski definition) is 1. The molecule has 3 aromatic rings. The molecule has 1 aromatic carbocycles. The lowest BCUT2D eigenvalue weighted by Crippen LogP contribution is -2.31. The zero-order valence-electron chi connectivity index (χ0n) is 14.9. The summed E-state index contributed by atoms with van der Waals surface area (Å²) in [6, 6.07) is 10.3. The zero-order chi connectivity index (χ0) is 17.9. The van der Waals surface area contributed by atoms with Crippen LogP contribution in [0.2, 0.25) is 0 Å².